The third kappa shape index (κ3) is 2.90. The van der Waals surface area contributed by atoms with Gasteiger partial charge < -0.3 is 4.90 Å². The maximum atomic E-state index is 14.2. The van der Waals surface area contributed by atoms with Gasteiger partial charge >= 0.3 is 0 Å². The van der Waals surface area contributed by atoms with Gasteiger partial charge in [-0.2, -0.15) is 15.2 Å². The van der Waals surface area contributed by atoms with E-state index in [0.717, 1.165) is 60.0 Å². The van der Waals surface area contributed by atoms with Gasteiger partial charge in [0, 0.05) is 17.1 Å². The Hall–Kier alpha value is -3.12. The number of hydrogen-bond donors (Lipinski definition) is 0. The molecule has 0 saturated carbocycles. The second-order valence-corrected chi connectivity index (χ2v) is 9.70. The van der Waals surface area contributed by atoms with Crippen molar-refractivity contribution >= 4 is 34.7 Å². The van der Waals surface area contributed by atoms with Crippen LogP contribution in [0.2, 0.25) is 5.02 Å². The molecule has 3 aliphatic heterocycles. The molecule has 7 heteroatoms. The second-order valence-electron chi connectivity index (χ2n) is 9.27. The monoisotopic (exact) mass is 459 g/mol. The fourth-order valence-electron chi connectivity index (χ4n) is 5.87. The number of carbonyl (C=O) groups excluding carboxylic acids is 1. The predicted molar refractivity (Wildman–Crippen MR) is 131 cm³/mol. The van der Waals surface area contributed by atoms with Gasteiger partial charge in [0.05, 0.1) is 28.8 Å². The Bertz CT molecular complexity index is 1270. The van der Waals surface area contributed by atoms with Gasteiger partial charge in [0.25, 0.3) is 5.91 Å². The summed E-state index contributed by atoms with van der Waals surface area (Å²) in [6, 6.07) is 17.7. The largest absolute Gasteiger partial charge is 0.352 e. The molecule has 0 N–H and O–H groups in total. The number of para-hydroxylation sites is 1. The first kappa shape index (κ1) is 20.5. The van der Waals surface area contributed by atoms with Crippen LogP contribution in [0.5, 0.6) is 0 Å². The standard InChI is InChI=1S/C26H26ClN5O/c1-17-22-16-26(18(2)29-32(25(26)33)21-13-11-19(27)12-14-21)23-10-6-7-15-30(23)24(22)31(28-17)20-8-4-3-5-9-20/h3-5,8-9,11-14,23H,6-7,10,15-16H2,1-2H3/t23-,26+/m1/s1. The lowest BCUT2D eigenvalue weighted by molar-refractivity contribution is -0.125. The van der Waals surface area contributed by atoms with Crippen LogP contribution in [0.25, 0.3) is 5.69 Å². The Balaban J connectivity index is 1.49. The van der Waals surface area contributed by atoms with Crippen molar-refractivity contribution in [3.8, 4) is 5.69 Å². The molecular weight excluding hydrogens is 434 g/mol. The highest BCUT2D eigenvalue weighted by Gasteiger charge is 2.60. The van der Waals surface area contributed by atoms with Gasteiger partial charge in [-0.25, -0.2) is 4.68 Å². The molecule has 0 aliphatic carbocycles. The van der Waals surface area contributed by atoms with E-state index in [-0.39, 0.29) is 11.9 Å². The molecule has 0 unspecified atom stereocenters. The summed E-state index contributed by atoms with van der Waals surface area (Å²) >= 11 is 6.09. The smallest absolute Gasteiger partial charge is 0.261 e. The molecule has 33 heavy (non-hydrogen) atoms. The molecule has 1 aromatic heterocycles. The molecule has 3 aliphatic rings. The maximum Gasteiger partial charge on any atom is 0.261 e. The van der Waals surface area contributed by atoms with E-state index in [0.29, 0.717) is 11.4 Å². The van der Waals surface area contributed by atoms with E-state index >= 15 is 0 Å². The van der Waals surface area contributed by atoms with Gasteiger partial charge in [-0.3, -0.25) is 4.79 Å². The highest BCUT2D eigenvalue weighted by atomic mass is 35.5. The van der Waals surface area contributed by atoms with E-state index < -0.39 is 5.41 Å². The number of piperidine rings is 1. The second kappa shape index (κ2) is 7.45. The lowest BCUT2D eigenvalue weighted by atomic mass is 9.66. The van der Waals surface area contributed by atoms with Crippen molar-refractivity contribution in [3.05, 3.63) is 70.9 Å². The highest BCUT2D eigenvalue weighted by molar-refractivity contribution is 6.30. The normalized spacial score (nSPS) is 24.2. The molecule has 0 radical (unpaired) electrons. The van der Waals surface area contributed by atoms with Crippen molar-refractivity contribution in [3.63, 3.8) is 0 Å². The molecule has 1 saturated heterocycles. The number of amides is 1. The van der Waals surface area contributed by atoms with Gasteiger partial charge in [-0.1, -0.05) is 29.8 Å². The zero-order chi connectivity index (χ0) is 22.7. The number of fused-ring (bicyclic) bond motifs is 4. The van der Waals surface area contributed by atoms with Crippen LogP contribution in [-0.2, 0) is 11.2 Å². The van der Waals surface area contributed by atoms with Gasteiger partial charge in [0.2, 0.25) is 0 Å². The summed E-state index contributed by atoms with van der Waals surface area (Å²) in [4.78, 5) is 16.6. The van der Waals surface area contributed by atoms with Crippen LogP contribution in [0.1, 0.15) is 37.4 Å². The Kier molecular flexibility index (Phi) is 4.63. The molecule has 2 atom stereocenters. The lowest BCUT2D eigenvalue weighted by Gasteiger charge is -2.50. The Morgan fingerprint density at radius 3 is 2.52 bits per heavy atom. The Labute approximate surface area is 198 Å². The van der Waals surface area contributed by atoms with Gasteiger partial charge in [0.15, 0.2) is 0 Å². The number of aryl methyl sites for hydroxylation is 1. The van der Waals surface area contributed by atoms with Crippen LogP contribution >= 0.6 is 11.6 Å². The first-order valence-electron chi connectivity index (χ1n) is 11.6. The predicted octanol–water partition coefficient (Wildman–Crippen LogP) is 5.16. The molecule has 1 spiro atoms. The molecule has 1 amide bonds. The Morgan fingerprint density at radius 2 is 1.76 bits per heavy atom. The van der Waals surface area contributed by atoms with Gasteiger partial charge in [-0.15, -0.1) is 0 Å². The molecule has 168 valence electrons. The lowest BCUT2D eigenvalue weighted by Crippen LogP contribution is -2.61. The van der Waals surface area contributed by atoms with Gasteiger partial charge in [0.1, 0.15) is 11.2 Å². The minimum atomic E-state index is -0.678. The van der Waals surface area contributed by atoms with Crippen molar-refractivity contribution in [1.82, 2.24) is 9.78 Å². The number of halogens is 1. The van der Waals surface area contributed by atoms with E-state index in [4.69, 9.17) is 21.8 Å². The summed E-state index contributed by atoms with van der Waals surface area (Å²) in [6.45, 7) is 4.99. The zero-order valence-electron chi connectivity index (χ0n) is 18.8. The molecule has 3 aromatic rings. The van der Waals surface area contributed by atoms with Crippen molar-refractivity contribution < 1.29 is 4.79 Å². The molecule has 2 aromatic carbocycles. The maximum absolute atomic E-state index is 14.2. The number of anilines is 2. The van der Waals surface area contributed by atoms with Crippen molar-refractivity contribution in [1.29, 1.82) is 0 Å². The molecule has 6 nitrogen and oxygen atoms in total. The quantitative estimate of drug-likeness (QED) is 0.532. The van der Waals surface area contributed by atoms with E-state index in [1.807, 2.05) is 37.3 Å². The first-order valence-corrected chi connectivity index (χ1v) is 11.9. The van der Waals surface area contributed by atoms with Gasteiger partial charge in [-0.05, 0) is 75.9 Å². The number of carbonyl (C=O) groups is 1. The highest BCUT2D eigenvalue weighted by Crippen LogP contribution is 2.51. The van der Waals surface area contributed by atoms with Crippen molar-refractivity contribution in [2.75, 3.05) is 16.5 Å². The number of hydrazone groups is 1. The average molecular weight is 460 g/mol. The summed E-state index contributed by atoms with van der Waals surface area (Å²) in [6.07, 6.45) is 3.81. The summed E-state index contributed by atoms with van der Waals surface area (Å²) < 4.78 is 2.07. The van der Waals surface area contributed by atoms with Crippen LogP contribution in [0.4, 0.5) is 11.5 Å². The van der Waals surface area contributed by atoms with E-state index in [1.54, 1.807) is 17.1 Å². The third-order valence-electron chi connectivity index (χ3n) is 7.50. The van der Waals surface area contributed by atoms with E-state index in [2.05, 4.69) is 28.6 Å². The molecule has 4 heterocycles. The van der Waals surface area contributed by atoms with Crippen molar-refractivity contribution in [2.45, 2.75) is 45.6 Å². The van der Waals surface area contributed by atoms with Crippen LogP contribution in [-0.4, -0.2) is 34.0 Å². The first-order chi connectivity index (χ1) is 16.0. The number of nitrogens with zero attached hydrogens (tertiary/aromatic N) is 5. The summed E-state index contributed by atoms with van der Waals surface area (Å²) in [5.41, 5.74) is 4.14. The minimum absolute atomic E-state index is 0.0525. The SMILES string of the molecule is CC1=NN(c2ccc(Cl)cc2)C(=O)[C@@]12Cc1c(C)nn(-c3ccccc3)c1N1CCCC[C@@H]12. The van der Waals surface area contributed by atoms with Crippen molar-refractivity contribution in [2.24, 2.45) is 10.5 Å². The summed E-state index contributed by atoms with van der Waals surface area (Å²) in [5, 5.41) is 12.0. The molecule has 6 rings (SSSR count). The molecular formula is C26H26ClN5O. The summed E-state index contributed by atoms with van der Waals surface area (Å²) in [5.74, 6) is 1.19. The minimum Gasteiger partial charge on any atom is -0.352 e. The third-order valence-corrected chi connectivity index (χ3v) is 7.75. The van der Waals surface area contributed by atoms with E-state index in [1.165, 1.54) is 0 Å². The fourth-order valence-corrected chi connectivity index (χ4v) is 5.99. The molecule has 0 bridgehead atoms. The zero-order valence-corrected chi connectivity index (χ0v) is 19.6. The molecule has 1 fully saturated rings. The summed E-state index contributed by atoms with van der Waals surface area (Å²) in [7, 11) is 0. The van der Waals surface area contributed by atoms with Crippen LogP contribution in [0.3, 0.4) is 0 Å². The van der Waals surface area contributed by atoms with E-state index in [9.17, 15) is 4.79 Å². The topological polar surface area (TPSA) is 53.7 Å². The average Bonchev–Trinajstić information content (AvgIpc) is 3.30. The number of benzene rings is 2. The number of aromatic nitrogens is 2. The number of rotatable bonds is 2. The van der Waals surface area contributed by atoms with Crippen LogP contribution in [0.15, 0.2) is 59.7 Å². The fraction of sp³-hybridized carbons (Fsp3) is 0.346. The van der Waals surface area contributed by atoms with Crippen LogP contribution in [0, 0.1) is 12.3 Å². The van der Waals surface area contributed by atoms with Crippen LogP contribution < -0.4 is 9.91 Å². The number of hydrogen-bond acceptors (Lipinski definition) is 4. The Morgan fingerprint density at radius 1 is 1.00 bits per heavy atom.